The van der Waals surface area contributed by atoms with E-state index in [4.69, 9.17) is 9.47 Å². The fourth-order valence-electron chi connectivity index (χ4n) is 2.55. The number of methoxy groups -OCH3 is 2. The first-order valence-electron chi connectivity index (χ1n) is 9.34. The molecule has 31 heavy (non-hydrogen) atoms. The van der Waals surface area contributed by atoms with Gasteiger partial charge in [0.05, 0.1) is 27.4 Å². The lowest BCUT2D eigenvalue weighted by molar-refractivity contribution is -0.176. The SMILES string of the molecule is CCNC(=NCc1ccc(COCC(F)(F)F)cc1)Nc1ccc(OC)c(OC)c1.I. The number of nitrogens with one attached hydrogen (secondary N) is 2. The maximum Gasteiger partial charge on any atom is 0.411 e. The van der Waals surface area contributed by atoms with E-state index in [9.17, 15) is 13.2 Å². The third-order valence-corrected chi connectivity index (χ3v) is 3.97. The first-order valence-corrected chi connectivity index (χ1v) is 9.34. The van der Waals surface area contributed by atoms with Crippen LogP contribution in [0.5, 0.6) is 11.5 Å². The maximum absolute atomic E-state index is 12.1. The average Bonchev–Trinajstić information content (AvgIpc) is 2.72. The molecule has 0 aromatic heterocycles. The van der Waals surface area contributed by atoms with Crippen LogP contribution in [0, 0.1) is 0 Å². The van der Waals surface area contributed by atoms with Crippen LogP contribution in [0.3, 0.4) is 0 Å². The van der Waals surface area contributed by atoms with Gasteiger partial charge in [0, 0.05) is 18.3 Å². The summed E-state index contributed by atoms with van der Waals surface area (Å²) in [6.45, 7) is 1.68. The molecule has 2 aromatic rings. The van der Waals surface area contributed by atoms with Crippen molar-refractivity contribution >= 4 is 35.6 Å². The quantitative estimate of drug-likeness (QED) is 0.261. The summed E-state index contributed by atoms with van der Waals surface area (Å²) in [6.07, 6.45) is -4.32. The number of alkyl halides is 3. The molecule has 0 aliphatic heterocycles. The molecule has 172 valence electrons. The minimum absolute atomic E-state index is 0. The monoisotopic (exact) mass is 553 g/mol. The Bertz CT molecular complexity index is 831. The highest BCUT2D eigenvalue weighted by Gasteiger charge is 2.27. The minimum atomic E-state index is -4.32. The van der Waals surface area contributed by atoms with Crippen molar-refractivity contribution in [2.75, 3.05) is 32.7 Å². The number of ether oxygens (including phenoxy) is 3. The molecular weight excluding hydrogens is 526 g/mol. The van der Waals surface area contributed by atoms with E-state index in [1.54, 1.807) is 38.5 Å². The van der Waals surface area contributed by atoms with Gasteiger partial charge in [-0.05, 0) is 30.2 Å². The lowest BCUT2D eigenvalue weighted by Crippen LogP contribution is -2.30. The summed E-state index contributed by atoms with van der Waals surface area (Å²) in [4.78, 5) is 4.54. The van der Waals surface area contributed by atoms with E-state index in [0.717, 1.165) is 11.3 Å². The summed E-state index contributed by atoms with van der Waals surface area (Å²) >= 11 is 0. The summed E-state index contributed by atoms with van der Waals surface area (Å²) in [5.41, 5.74) is 2.37. The Morgan fingerprint density at radius 3 is 2.19 bits per heavy atom. The number of benzene rings is 2. The van der Waals surface area contributed by atoms with E-state index in [-0.39, 0.29) is 30.6 Å². The Morgan fingerprint density at radius 1 is 0.968 bits per heavy atom. The number of halogens is 4. The van der Waals surface area contributed by atoms with Gasteiger partial charge in [-0.25, -0.2) is 4.99 Å². The predicted molar refractivity (Wildman–Crippen MR) is 126 cm³/mol. The van der Waals surface area contributed by atoms with E-state index < -0.39 is 12.8 Å². The number of anilines is 1. The largest absolute Gasteiger partial charge is 0.493 e. The highest BCUT2D eigenvalue weighted by Crippen LogP contribution is 2.29. The number of guanidine groups is 1. The topological polar surface area (TPSA) is 64.1 Å². The summed E-state index contributed by atoms with van der Waals surface area (Å²) in [6, 6.07) is 12.5. The van der Waals surface area contributed by atoms with Gasteiger partial charge in [0.2, 0.25) is 0 Å². The van der Waals surface area contributed by atoms with Crippen molar-refractivity contribution in [2.45, 2.75) is 26.3 Å². The lowest BCUT2D eigenvalue weighted by Gasteiger charge is -2.14. The van der Waals surface area contributed by atoms with E-state index in [2.05, 4.69) is 20.4 Å². The molecule has 2 aromatic carbocycles. The van der Waals surface area contributed by atoms with Gasteiger partial charge in [-0.15, -0.1) is 24.0 Å². The molecule has 0 unspecified atom stereocenters. The number of hydrogen-bond acceptors (Lipinski definition) is 4. The van der Waals surface area contributed by atoms with Gasteiger partial charge < -0.3 is 24.8 Å². The van der Waals surface area contributed by atoms with E-state index in [1.807, 2.05) is 25.1 Å². The van der Waals surface area contributed by atoms with Crippen LogP contribution in [-0.2, 0) is 17.9 Å². The fraction of sp³-hybridized carbons (Fsp3) is 0.381. The maximum atomic E-state index is 12.1. The molecule has 0 aliphatic carbocycles. The van der Waals surface area contributed by atoms with Crippen molar-refractivity contribution in [3.05, 3.63) is 53.6 Å². The molecule has 0 saturated carbocycles. The Balaban J connectivity index is 0.00000480. The predicted octanol–water partition coefficient (Wildman–Crippen LogP) is 4.98. The summed E-state index contributed by atoms with van der Waals surface area (Å²) < 4.78 is 51.6. The Hall–Kier alpha value is -2.21. The Kier molecular flexibility index (Phi) is 11.5. The van der Waals surface area contributed by atoms with Crippen LogP contribution < -0.4 is 20.1 Å². The molecule has 0 fully saturated rings. The normalized spacial score (nSPS) is 11.5. The van der Waals surface area contributed by atoms with Crippen LogP contribution in [0.4, 0.5) is 18.9 Å². The first-order chi connectivity index (χ1) is 14.3. The van der Waals surface area contributed by atoms with Gasteiger partial charge in [0.1, 0.15) is 6.61 Å². The fourth-order valence-corrected chi connectivity index (χ4v) is 2.55. The second-order valence-corrected chi connectivity index (χ2v) is 6.31. The standard InChI is InChI=1S/C21H26F3N3O3.HI/c1-4-25-20(27-17-9-10-18(28-2)19(11-17)29-3)26-12-15-5-7-16(8-6-15)13-30-14-21(22,23)24;/h5-11H,4,12-14H2,1-3H3,(H2,25,26,27);1H. The van der Waals surface area contributed by atoms with Crippen molar-refractivity contribution in [3.8, 4) is 11.5 Å². The number of aliphatic imine (C=N–C) groups is 1. The molecule has 6 nitrogen and oxygen atoms in total. The molecule has 0 spiro atoms. The second-order valence-electron chi connectivity index (χ2n) is 6.31. The van der Waals surface area contributed by atoms with Crippen molar-refractivity contribution < 1.29 is 27.4 Å². The molecule has 2 N–H and O–H groups in total. The Labute approximate surface area is 197 Å². The highest BCUT2D eigenvalue weighted by molar-refractivity contribution is 14.0. The molecule has 0 aliphatic rings. The number of rotatable bonds is 9. The zero-order valence-corrected chi connectivity index (χ0v) is 19.9. The van der Waals surface area contributed by atoms with E-state index >= 15 is 0 Å². The Morgan fingerprint density at radius 2 is 1.61 bits per heavy atom. The van der Waals surface area contributed by atoms with Gasteiger partial charge in [-0.1, -0.05) is 24.3 Å². The van der Waals surface area contributed by atoms with Crippen molar-refractivity contribution in [3.63, 3.8) is 0 Å². The van der Waals surface area contributed by atoms with Crippen LogP contribution >= 0.6 is 24.0 Å². The second kappa shape index (κ2) is 13.3. The van der Waals surface area contributed by atoms with E-state index in [1.165, 1.54) is 0 Å². The number of nitrogens with zero attached hydrogens (tertiary/aromatic N) is 1. The van der Waals surface area contributed by atoms with Crippen LogP contribution in [0.1, 0.15) is 18.1 Å². The third kappa shape index (κ3) is 9.64. The van der Waals surface area contributed by atoms with Gasteiger partial charge in [0.15, 0.2) is 17.5 Å². The molecular formula is C21H27F3IN3O3. The highest BCUT2D eigenvalue weighted by atomic mass is 127. The number of hydrogen-bond donors (Lipinski definition) is 2. The van der Waals surface area contributed by atoms with Gasteiger partial charge in [0.25, 0.3) is 0 Å². The van der Waals surface area contributed by atoms with Gasteiger partial charge in [-0.2, -0.15) is 13.2 Å². The third-order valence-electron chi connectivity index (χ3n) is 3.97. The lowest BCUT2D eigenvalue weighted by atomic mass is 10.1. The summed E-state index contributed by atoms with van der Waals surface area (Å²) in [7, 11) is 3.14. The van der Waals surface area contributed by atoms with Crippen LogP contribution in [0.15, 0.2) is 47.5 Å². The molecule has 0 atom stereocenters. The van der Waals surface area contributed by atoms with Crippen LogP contribution in [0.25, 0.3) is 0 Å². The van der Waals surface area contributed by atoms with Gasteiger partial charge in [-0.3, -0.25) is 0 Å². The van der Waals surface area contributed by atoms with Crippen molar-refractivity contribution in [1.82, 2.24) is 5.32 Å². The van der Waals surface area contributed by atoms with Crippen LogP contribution in [0.2, 0.25) is 0 Å². The summed E-state index contributed by atoms with van der Waals surface area (Å²) in [5, 5.41) is 6.37. The zero-order valence-electron chi connectivity index (χ0n) is 17.6. The molecule has 0 amide bonds. The zero-order chi connectivity index (χ0) is 22.0. The minimum Gasteiger partial charge on any atom is -0.493 e. The molecule has 0 bridgehead atoms. The smallest absolute Gasteiger partial charge is 0.411 e. The van der Waals surface area contributed by atoms with Gasteiger partial charge >= 0.3 is 6.18 Å². The van der Waals surface area contributed by atoms with Crippen molar-refractivity contribution in [2.24, 2.45) is 4.99 Å². The molecule has 2 rings (SSSR count). The first kappa shape index (κ1) is 26.8. The van der Waals surface area contributed by atoms with E-state index in [0.29, 0.717) is 36.1 Å². The molecule has 10 heteroatoms. The van der Waals surface area contributed by atoms with Crippen LogP contribution in [-0.4, -0.2) is 39.5 Å². The molecule has 0 heterocycles. The molecule has 0 radical (unpaired) electrons. The molecule has 0 saturated heterocycles. The summed E-state index contributed by atoms with van der Waals surface area (Å²) in [5.74, 6) is 1.81. The average molecular weight is 553 g/mol. The van der Waals surface area contributed by atoms with Crippen molar-refractivity contribution in [1.29, 1.82) is 0 Å².